The molecule has 110 valence electrons. The molecule has 4 nitrogen and oxygen atoms in total. The molecule has 2 heterocycles. The molecule has 0 amide bonds. The number of carboxylic acid groups (broad SMARTS) is 1. The van der Waals surface area contributed by atoms with Gasteiger partial charge in [0.2, 0.25) is 0 Å². The van der Waals surface area contributed by atoms with E-state index in [0.29, 0.717) is 17.3 Å². The average molecular weight is 300 g/mol. The van der Waals surface area contributed by atoms with Crippen LogP contribution >= 0.6 is 0 Å². The fourth-order valence-electron chi connectivity index (χ4n) is 2.23. The molecular weight excluding hydrogens is 290 g/mol. The van der Waals surface area contributed by atoms with Gasteiger partial charge in [-0.15, -0.1) is 0 Å². The van der Waals surface area contributed by atoms with Crippen molar-refractivity contribution in [3.63, 3.8) is 0 Å². The van der Waals surface area contributed by atoms with E-state index < -0.39 is 17.6 Å². The number of carbonyl (C=O) groups is 1. The van der Waals surface area contributed by atoms with Crippen molar-refractivity contribution >= 4 is 28.7 Å². The smallest absolute Gasteiger partial charge is 0.336 e. The average Bonchev–Trinajstić information content (AvgIpc) is 2.86. The molecule has 0 bridgehead atoms. The monoisotopic (exact) mass is 300 g/mol. The zero-order chi connectivity index (χ0) is 15.7. The van der Waals surface area contributed by atoms with E-state index in [4.69, 9.17) is 0 Å². The van der Waals surface area contributed by atoms with Gasteiger partial charge in [-0.1, -0.05) is 0 Å². The highest BCUT2D eigenvalue weighted by atomic mass is 19.1. The van der Waals surface area contributed by atoms with Crippen molar-refractivity contribution in [1.82, 2.24) is 9.97 Å². The van der Waals surface area contributed by atoms with E-state index in [1.807, 2.05) is 0 Å². The van der Waals surface area contributed by atoms with Gasteiger partial charge in [-0.2, -0.15) is 0 Å². The second-order valence-corrected chi connectivity index (χ2v) is 4.66. The Morgan fingerprint density at radius 3 is 2.64 bits per heavy atom. The van der Waals surface area contributed by atoms with Gasteiger partial charge in [0.1, 0.15) is 17.3 Å². The Labute approximate surface area is 123 Å². The van der Waals surface area contributed by atoms with Crippen molar-refractivity contribution in [2.24, 2.45) is 0 Å². The van der Waals surface area contributed by atoms with Crippen LogP contribution in [-0.2, 0) is 4.79 Å². The number of nitrogens with zero attached hydrogens (tertiary/aromatic N) is 1. The maximum absolute atomic E-state index is 13.3. The van der Waals surface area contributed by atoms with Crippen LogP contribution in [0, 0.1) is 11.6 Å². The molecule has 0 radical (unpaired) electrons. The number of aromatic nitrogens is 2. The Morgan fingerprint density at radius 1 is 1.23 bits per heavy atom. The summed E-state index contributed by atoms with van der Waals surface area (Å²) in [5.41, 5.74) is 0.931. The maximum atomic E-state index is 13.3. The first kappa shape index (κ1) is 13.9. The zero-order valence-electron chi connectivity index (χ0n) is 11.2. The molecule has 0 unspecified atom stereocenters. The van der Waals surface area contributed by atoms with Gasteiger partial charge in [0, 0.05) is 29.4 Å². The number of pyridine rings is 1. The van der Waals surface area contributed by atoms with Gasteiger partial charge in [0.05, 0.1) is 5.57 Å². The fraction of sp³-hybridized carbons (Fsp3) is 0. The Hall–Kier alpha value is -3.02. The summed E-state index contributed by atoms with van der Waals surface area (Å²) in [7, 11) is 0. The zero-order valence-corrected chi connectivity index (χ0v) is 11.2. The van der Waals surface area contributed by atoms with Gasteiger partial charge in [0.25, 0.3) is 0 Å². The lowest BCUT2D eigenvalue weighted by Crippen LogP contribution is -2.00. The molecule has 22 heavy (non-hydrogen) atoms. The Balaban J connectivity index is 2.17. The summed E-state index contributed by atoms with van der Waals surface area (Å²) >= 11 is 0. The highest BCUT2D eigenvalue weighted by molar-refractivity contribution is 6.21. The first-order chi connectivity index (χ1) is 10.5. The molecule has 2 N–H and O–H groups in total. The molecular formula is C16H10F2N2O2. The van der Waals surface area contributed by atoms with Crippen molar-refractivity contribution in [1.29, 1.82) is 0 Å². The van der Waals surface area contributed by atoms with Crippen LogP contribution in [0.2, 0.25) is 0 Å². The minimum Gasteiger partial charge on any atom is -0.478 e. The number of fused-ring (bicyclic) bond motifs is 1. The Kier molecular flexibility index (Phi) is 3.42. The van der Waals surface area contributed by atoms with E-state index in [9.17, 15) is 18.7 Å². The minimum atomic E-state index is -1.27. The van der Waals surface area contributed by atoms with E-state index >= 15 is 0 Å². The number of aromatic amines is 1. The number of carboxylic acids is 1. The van der Waals surface area contributed by atoms with Gasteiger partial charge in [-0.3, -0.25) is 0 Å². The summed E-state index contributed by atoms with van der Waals surface area (Å²) in [5, 5.41) is 10.1. The van der Waals surface area contributed by atoms with E-state index in [-0.39, 0.29) is 11.1 Å². The Bertz CT molecular complexity index is 880. The normalized spacial score (nSPS) is 11.8. The van der Waals surface area contributed by atoms with Crippen molar-refractivity contribution in [3.05, 3.63) is 65.5 Å². The van der Waals surface area contributed by atoms with Crippen LogP contribution in [-0.4, -0.2) is 21.0 Å². The minimum absolute atomic E-state index is 0.0387. The first-order valence-electron chi connectivity index (χ1n) is 6.38. The maximum Gasteiger partial charge on any atom is 0.336 e. The third-order valence-corrected chi connectivity index (χ3v) is 3.19. The van der Waals surface area contributed by atoms with Gasteiger partial charge >= 0.3 is 5.97 Å². The van der Waals surface area contributed by atoms with Gasteiger partial charge in [0.15, 0.2) is 0 Å². The molecule has 3 aromatic rings. The SMILES string of the molecule is O=C(O)/C(=C\c1c[nH]c2ncccc12)c1cc(F)cc(F)c1. The number of aliphatic carboxylic acids is 1. The molecule has 3 rings (SSSR count). The quantitative estimate of drug-likeness (QED) is 0.728. The summed E-state index contributed by atoms with van der Waals surface area (Å²) in [4.78, 5) is 18.5. The summed E-state index contributed by atoms with van der Waals surface area (Å²) in [6.45, 7) is 0. The van der Waals surface area contributed by atoms with Gasteiger partial charge in [-0.05, 0) is 35.9 Å². The number of H-pyrrole nitrogens is 1. The molecule has 0 fully saturated rings. The summed E-state index contributed by atoms with van der Waals surface area (Å²) in [6, 6.07) is 6.15. The number of rotatable bonds is 3. The van der Waals surface area contributed by atoms with E-state index in [0.717, 1.165) is 17.5 Å². The predicted molar refractivity (Wildman–Crippen MR) is 78.0 cm³/mol. The highest BCUT2D eigenvalue weighted by Gasteiger charge is 2.14. The summed E-state index contributed by atoms with van der Waals surface area (Å²) < 4.78 is 26.6. The predicted octanol–water partition coefficient (Wildman–Crippen LogP) is 3.47. The number of halogens is 2. The molecule has 0 aliphatic rings. The second kappa shape index (κ2) is 5.40. The third-order valence-electron chi connectivity index (χ3n) is 3.19. The topological polar surface area (TPSA) is 66.0 Å². The number of hydrogen-bond acceptors (Lipinski definition) is 2. The molecule has 0 saturated heterocycles. The van der Waals surface area contributed by atoms with E-state index in [1.165, 1.54) is 6.08 Å². The van der Waals surface area contributed by atoms with Crippen LogP contribution in [0.25, 0.3) is 22.7 Å². The lowest BCUT2D eigenvalue weighted by atomic mass is 10.0. The van der Waals surface area contributed by atoms with Crippen LogP contribution in [0.4, 0.5) is 8.78 Å². The molecule has 0 saturated carbocycles. The molecule has 2 aromatic heterocycles. The van der Waals surface area contributed by atoms with Crippen LogP contribution in [0.5, 0.6) is 0 Å². The third kappa shape index (κ3) is 2.58. The van der Waals surface area contributed by atoms with Crippen molar-refractivity contribution in [2.75, 3.05) is 0 Å². The van der Waals surface area contributed by atoms with E-state index in [2.05, 4.69) is 9.97 Å². The molecule has 0 atom stereocenters. The molecule has 0 spiro atoms. The summed E-state index contributed by atoms with van der Waals surface area (Å²) in [6.07, 6.45) is 4.56. The lowest BCUT2D eigenvalue weighted by molar-refractivity contribution is -0.130. The fourth-order valence-corrected chi connectivity index (χ4v) is 2.23. The van der Waals surface area contributed by atoms with Crippen LogP contribution in [0.1, 0.15) is 11.1 Å². The standard InChI is InChI=1S/C16H10F2N2O2/c17-11-4-9(5-12(18)7-11)14(16(21)22)6-10-8-20-15-13(10)2-1-3-19-15/h1-8H,(H,19,20)(H,21,22)/b14-6-. The largest absolute Gasteiger partial charge is 0.478 e. The van der Waals surface area contributed by atoms with Crippen LogP contribution in [0.15, 0.2) is 42.7 Å². The Morgan fingerprint density at radius 2 is 1.95 bits per heavy atom. The lowest BCUT2D eigenvalue weighted by Gasteiger charge is -2.04. The first-order valence-corrected chi connectivity index (χ1v) is 6.38. The highest BCUT2D eigenvalue weighted by Crippen LogP contribution is 2.24. The van der Waals surface area contributed by atoms with E-state index in [1.54, 1.807) is 24.5 Å². The van der Waals surface area contributed by atoms with Crippen LogP contribution in [0.3, 0.4) is 0 Å². The summed E-state index contributed by atoms with van der Waals surface area (Å²) in [5.74, 6) is -2.94. The molecule has 0 aliphatic carbocycles. The van der Waals surface area contributed by atoms with Crippen molar-refractivity contribution < 1.29 is 18.7 Å². The molecule has 1 aromatic carbocycles. The van der Waals surface area contributed by atoms with Crippen molar-refractivity contribution in [3.8, 4) is 0 Å². The number of hydrogen-bond donors (Lipinski definition) is 2. The van der Waals surface area contributed by atoms with Crippen LogP contribution < -0.4 is 0 Å². The van der Waals surface area contributed by atoms with Crippen molar-refractivity contribution in [2.45, 2.75) is 0 Å². The van der Waals surface area contributed by atoms with Gasteiger partial charge < -0.3 is 10.1 Å². The number of benzene rings is 1. The number of nitrogens with one attached hydrogen (secondary N) is 1. The molecule has 0 aliphatic heterocycles. The molecule has 6 heteroatoms. The van der Waals surface area contributed by atoms with Gasteiger partial charge in [-0.25, -0.2) is 18.6 Å². The second-order valence-electron chi connectivity index (χ2n) is 4.66.